The van der Waals surface area contributed by atoms with Gasteiger partial charge in [-0.1, -0.05) is 13.8 Å². The molecule has 0 rings (SSSR count). The highest BCUT2D eigenvalue weighted by Gasteiger charge is 1.92. The fraction of sp³-hybridized carbons (Fsp3) is 0.917. The molecule has 0 spiro atoms. The lowest BCUT2D eigenvalue weighted by atomic mass is 10.5. The standard InChI is InChI=1S/C10H22N2O3.C2H6/c1-10(13)9-15-8-5-12-4-7-14-6-3-11-2;1-2/h11-12H,3-9H2,1-2H3;1-2H3. The summed E-state index contributed by atoms with van der Waals surface area (Å²) in [5.74, 6) is 0.0606. The Morgan fingerprint density at radius 2 is 1.53 bits per heavy atom. The minimum atomic E-state index is 0.0606. The van der Waals surface area contributed by atoms with Gasteiger partial charge in [0.2, 0.25) is 0 Å². The van der Waals surface area contributed by atoms with Gasteiger partial charge in [-0.25, -0.2) is 0 Å². The SMILES string of the molecule is CC.CNCCOCCNCCOCC(C)=O. The Bertz CT molecular complexity index is 155. The first kappa shape index (κ1) is 18.9. The average molecular weight is 248 g/mol. The van der Waals surface area contributed by atoms with Gasteiger partial charge in [0.25, 0.3) is 0 Å². The number of likely N-dealkylation sites (N-methyl/N-ethyl adjacent to an activating group) is 1. The molecule has 0 saturated carbocycles. The molecule has 0 aromatic rings. The van der Waals surface area contributed by atoms with Crippen molar-refractivity contribution < 1.29 is 14.3 Å². The van der Waals surface area contributed by atoms with Crippen LogP contribution in [0.15, 0.2) is 0 Å². The van der Waals surface area contributed by atoms with Gasteiger partial charge in [0, 0.05) is 19.6 Å². The summed E-state index contributed by atoms with van der Waals surface area (Å²) in [6, 6.07) is 0. The molecule has 104 valence electrons. The second-order valence-corrected chi connectivity index (χ2v) is 3.22. The van der Waals surface area contributed by atoms with E-state index < -0.39 is 0 Å². The Morgan fingerprint density at radius 3 is 2.06 bits per heavy atom. The Labute approximate surface area is 105 Å². The molecule has 0 aliphatic heterocycles. The van der Waals surface area contributed by atoms with Crippen LogP contribution in [0.2, 0.25) is 0 Å². The average Bonchev–Trinajstić information content (AvgIpc) is 2.34. The number of carbonyl (C=O) groups excluding carboxylic acids is 1. The van der Waals surface area contributed by atoms with Crippen molar-refractivity contribution in [2.45, 2.75) is 20.8 Å². The second-order valence-electron chi connectivity index (χ2n) is 3.22. The number of Topliss-reactive ketones (excluding diaryl/α,β-unsaturated/α-hetero) is 1. The third kappa shape index (κ3) is 21.4. The summed E-state index contributed by atoms with van der Waals surface area (Å²) in [4.78, 5) is 10.5. The molecule has 0 saturated heterocycles. The number of hydrogen-bond donors (Lipinski definition) is 2. The van der Waals surface area contributed by atoms with Crippen LogP contribution >= 0.6 is 0 Å². The van der Waals surface area contributed by atoms with Crippen molar-refractivity contribution in [3.8, 4) is 0 Å². The van der Waals surface area contributed by atoms with Gasteiger partial charge in [0.15, 0.2) is 5.78 Å². The van der Waals surface area contributed by atoms with Gasteiger partial charge < -0.3 is 20.1 Å². The summed E-state index contributed by atoms with van der Waals surface area (Å²) in [7, 11) is 1.90. The zero-order chi connectivity index (χ0) is 13.4. The highest BCUT2D eigenvalue weighted by atomic mass is 16.5. The van der Waals surface area contributed by atoms with Gasteiger partial charge in [-0.05, 0) is 14.0 Å². The molecule has 0 amide bonds. The minimum absolute atomic E-state index is 0.0606. The summed E-state index contributed by atoms with van der Waals surface area (Å²) in [5.41, 5.74) is 0. The molecule has 0 unspecified atom stereocenters. The Morgan fingerprint density at radius 1 is 1.00 bits per heavy atom. The van der Waals surface area contributed by atoms with E-state index in [9.17, 15) is 4.79 Å². The van der Waals surface area contributed by atoms with Crippen molar-refractivity contribution in [3.63, 3.8) is 0 Å². The van der Waals surface area contributed by atoms with Crippen LogP contribution in [0.1, 0.15) is 20.8 Å². The van der Waals surface area contributed by atoms with E-state index in [-0.39, 0.29) is 12.4 Å². The fourth-order valence-corrected chi connectivity index (χ4v) is 0.906. The first-order chi connectivity index (χ1) is 8.27. The quantitative estimate of drug-likeness (QED) is 0.520. The molecule has 0 radical (unpaired) electrons. The number of nitrogens with one attached hydrogen (secondary N) is 2. The molecular formula is C12H28N2O3. The van der Waals surface area contributed by atoms with E-state index >= 15 is 0 Å². The van der Waals surface area contributed by atoms with Gasteiger partial charge >= 0.3 is 0 Å². The lowest BCUT2D eigenvalue weighted by Gasteiger charge is -2.06. The molecule has 0 atom stereocenters. The van der Waals surface area contributed by atoms with Gasteiger partial charge in [-0.15, -0.1) is 0 Å². The van der Waals surface area contributed by atoms with E-state index in [0.717, 1.165) is 26.2 Å². The van der Waals surface area contributed by atoms with Crippen molar-refractivity contribution >= 4 is 5.78 Å². The van der Waals surface area contributed by atoms with Gasteiger partial charge in [0.1, 0.15) is 6.61 Å². The van der Waals surface area contributed by atoms with E-state index in [2.05, 4.69) is 10.6 Å². The van der Waals surface area contributed by atoms with Gasteiger partial charge in [-0.2, -0.15) is 0 Å². The zero-order valence-electron chi connectivity index (χ0n) is 11.7. The maximum absolute atomic E-state index is 10.5. The Balaban J connectivity index is 0. The molecule has 0 fully saturated rings. The van der Waals surface area contributed by atoms with Crippen LogP contribution in [-0.2, 0) is 14.3 Å². The van der Waals surface area contributed by atoms with Crippen LogP contribution in [-0.4, -0.2) is 58.9 Å². The lowest BCUT2D eigenvalue weighted by molar-refractivity contribution is -0.121. The van der Waals surface area contributed by atoms with Crippen molar-refractivity contribution in [3.05, 3.63) is 0 Å². The van der Waals surface area contributed by atoms with Gasteiger partial charge in [-0.3, -0.25) is 4.79 Å². The first-order valence-electron chi connectivity index (χ1n) is 6.27. The number of rotatable bonds is 11. The fourth-order valence-electron chi connectivity index (χ4n) is 0.906. The summed E-state index contributed by atoms with van der Waals surface area (Å²) in [6.07, 6.45) is 0. The first-order valence-corrected chi connectivity index (χ1v) is 6.27. The molecule has 0 heterocycles. The van der Waals surface area contributed by atoms with Crippen LogP contribution in [0, 0.1) is 0 Å². The van der Waals surface area contributed by atoms with E-state index in [1.165, 1.54) is 6.92 Å². The molecular weight excluding hydrogens is 220 g/mol. The highest BCUT2D eigenvalue weighted by molar-refractivity contribution is 5.76. The number of ether oxygens (including phenoxy) is 2. The topological polar surface area (TPSA) is 59.6 Å². The molecule has 0 aliphatic carbocycles. The summed E-state index contributed by atoms with van der Waals surface area (Å²) in [5, 5.41) is 6.15. The molecule has 0 bridgehead atoms. The Kier molecular flexibility index (Phi) is 19.9. The van der Waals surface area contributed by atoms with E-state index in [0.29, 0.717) is 13.2 Å². The van der Waals surface area contributed by atoms with Crippen LogP contribution < -0.4 is 10.6 Å². The van der Waals surface area contributed by atoms with Crippen molar-refractivity contribution in [2.24, 2.45) is 0 Å². The molecule has 2 N–H and O–H groups in total. The van der Waals surface area contributed by atoms with Crippen LogP contribution in [0.25, 0.3) is 0 Å². The Hall–Kier alpha value is -0.490. The van der Waals surface area contributed by atoms with Crippen molar-refractivity contribution in [1.82, 2.24) is 10.6 Å². The third-order valence-corrected chi connectivity index (χ3v) is 1.65. The molecule has 0 aliphatic rings. The minimum Gasteiger partial charge on any atom is -0.379 e. The second kappa shape index (κ2) is 17.9. The molecule has 17 heavy (non-hydrogen) atoms. The smallest absolute Gasteiger partial charge is 0.155 e. The van der Waals surface area contributed by atoms with E-state index in [1.807, 2.05) is 20.9 Å². The summed E-state index contributed by atoms with van der Waals surface area (Å²) >= 11 is 0. The molecule has 5 nitrogen and oxygen atoms in total. The third-order valence-electron chi connectivity index (χ3n) is 1.65. The maximum Gasteiger partial charge on any atom is 0.155 e. The molecule has 0 aromatic heterocycles. The number of hydrogen-bond acceptors (Lipinski definition) is 5. The van der Waals surface area contributed by atoms with Gasteiger partial charge in [0.05, 0.1) is 19.8 Å². The summed E-state index contributed by atoms with van der Waals surface area (Å²) < 4.78 is 10.4. The van der Waals surface area contributed by atoms with E-state index in [1.54, 1.807) is 0 Å². The largest absolute Gasteiger partial charge is 0.379 e. The predicted molar refractivity (Wildman–Crippen MR) is 70.5 cm³/mol. The maximum atomic E-state index is 10.5. The molecule has 5 heteroatoms. The van der Waals surface area contributed by atoms with Crippen LogP contribution in [0.5, 0.6) is 0 Å². The number of carbonyl (C=O) groups is 1. The number of ketones is 1. The van der Waals surface area contributed by atoms with Crippen molar-refractivity contribution in [1.29, 1.82) is 0 Å². The highest BCUT2D eigenvalue weighted by Crippen LogP contribution is 1.76. The summed E-state index contributed by atoms with van der Waals surface area (Å²) in [6.45, 7) is 10.2. The predicted octanol–water partition coefficient (Wildman–Crippen LogP) is 0.444. The molecule has 0 aromatic carbocycles. The monoisotopic (exact) mass is 248 g/mol. The van der Waals surface area contributed by atoms with Crippen LogP contribution in [0.3, 0.4) is 0 Å². The van der Waals surface area contributed by atoms with Crippen LogP contribution in [0.4, 0.5) is 0 Å². The van der Waals surface area contributed by atoms with Crippen molar-refractivity contribution in [2.75, 3.05) is 53.1 Å². The normalized spacial score (nSPS) is 9.65. The lowest BCUT2D eigenvalue weighted by Crippen LogP contribution is -2.25. The van der Waals surface area contributed by atoms with E-state index in [4.69, 9.17) is 9.47 Å². The zero-order valence-corrected chi connectivity index (χ0v) is 11.7.